The fourth-order valence-electron chi connectivity index (χ4n) is 4.20. The Labute approximate surface area is 178 Å². The SMILES string of the molecule is COc1cnc2c(C(=O)Nc3cn(C4CCC(C(C)C)CC4)nc3C(F)F)cnn2c1. The van der Waals surface area contributed by atoms with Crippen LogP contribution in [0.1, 0.15) is 68.0 Å². The lowest BCUT2D eigenvalue weighted by Gasteiger charge is -2.30. The zero-order chi connectivity index (χ0) is 22.1. The van der Waals surface area contributed by atoms with Crippen LogP contribution in [0.4, 0.5) is 14.5 Å². The quantitative estimate of drug-likeness (QED) is 0.619. The second-order valence-electron chi connectivity index (χ2n) is 8.30. The number of amides is 1. The molecule has 4 rings (SSSR count). The van der Waals surface area contributed by atoms with Crippen molar-refractivity contribution in [1.82, 2.24) is 24.4 Å². The van der Waals surface area contributed by atoms with Gasteiger partial charge in [0.25, 0.3) is 12.3 Å². The number of fused-ring (bicyclic) bond motifs is 1. The van der Waals surface area contributed by atoms with E-state index in [0.717, 1.165) is 25.7 Å². The molecule has 0 radical (unpaired) electrons. The molecule has 31 heavy (non-hydrogen) atoms. The van der Waals surface area contributed by atoms with E-state index in [0.29, 0.717) is 23.2 Å². The summed E-state index contributed by atoms with van der Waals surface area (Å²) in [7, 11) is 1.50. The van der Waals surface area contributed by atoms with Crippen LogP contribution in [-0.4, -0.2) is 37.4 Å². The highest BCUT2D eigenvalue weighted by Crippen LogP contribution is 2.37. The van der Waals surface area contributed by atoms with Crippen molar-refractivity contribution in [2.24, 2.45) is 11.8 Å². The molecule has 1 N–H and O–H groups in total. The molecule has 0 atom stereocenters. The Morgan fingerprint density at radius 3 is 2.58 bits per heavy atom. The van der Waals surface area contributed by atoms with Gasteiger partial charge in [0.05, 0.1) is 37.4 Å². The van der Waals surface area contributed by atoms with Gasteiger partial charge in [-0.25, -0.2) is 18.3 Å². The first kappa shape index (κ1) is 21.2. The van der Waals surface area contributed by atoms with Gasteiger partial charge in [0, 0.05) is 6.20 Å². The number of hydrogen-bond acceptors (Lipinski definition) is 5. The Kier molecular flexibility index (Phi) is 5.88. The zero-order valence-electron chi connectivity index (χ0n) is 17.8. The van der Waals surface area contributed by atoms with Crippen molar-refractivity contribution in [2.75, 3.05) is 12.4 Å². The Morgan fingerprint density at radius 1 is 1.19 bits per heavy atom. The standard InChI is InChI=1S/C21H26F2N6O2/c1-12(2)13-4-6-14(7-5-13)28-11-17(18(27-28)19(22)23)26-21(30)16-9-25-29-10-15(31-3)8-24-20(16)29/h8-14,19H,4-7H2,1-3H3,(H,26,30). The van der Waals surface area contributed by atoms with E-state index in [-0.39, 0.29) is 17.3 Å². The van der Waals surface area contributed by atoms with Gasteiger partial charge in [0.15, 0.2) is 17.1 Å². The number of aromatic nitrogens is 5. The van der Waals surface area contributed by atoms with Crippen LogP contribution in [-0.2, 0) is 0 Å². The summed E-state index contributed by atoms with van der Waals surface area (Å²) in [5.41, 5.74) is 0.0636. The normalized spacial score (nSPS) is 19.3. The summed E-state index contributed by atoms with van der Waals surface area (Å²) in [6.45, 7) is 4.43. The smallest absolute Gasteiger partial charge is 0.284 e. The van der Waals surface area contributed by atoms with Crippen molar-refractivity contribution in [3.05, 3.63) is 36.0 Å². The van der Waals surface area contributed by atoms with Crippen molar-refractivity contribution in [1.29, 1.82) is 0 Å². The molecule has 1 aliphatic carbocycles. The molecular weight excluding hydrogens is 406 g/mol. The molecule has 0 unspecified atom stereocenters. The van der Waals surface area contributed by atoms with Crippen molar-refractivity contribution in [3.63, 3.8) is 0 Å². The van der Waals surface area contributed by atoms with Crippen LogP contribution in [0.25, 0.3) is 5.65 Å². The number of alkyl halides is 2. The third-order valence-electron chi connectivity index (χ3n) is 6.09. The minimum atomic E-state index is -2.80. The predicted molar refractivity (Wildman–Crippen MR) is 111 cm³/mol. The summed E-state index contributed by atoms with van der Waals surface area (Å²) in [5.74, 6) is 1.18. The monoisotopic (exact) mass is 432 g/mol. The van der Waals surface area contributed by atoms with Crippen molar-refractivity contribution < 1.29 is 18.3 Å². The number of hydrogen-bond donors (Lipinski definition) is 1. The summed E-state index contributed by atoms with van der Waals surface area (Å²) in [5, 5.41) is 10.8. The van der Waals surface area contributed by atoms with Crippen LogP contribution in [0.3, 0.4) is 0 Å². The Morgan fingerprint density at radius 2 is 1.94 bits per heavy atom. The molecule has 1 amide bonds. The Hall–Kier alpha value is -3.04. The molecule has 3 aromatic rings. The van der Waals surface area contributed by atoms with Gasteiger partial charge in [-0.05, 0) is 37.5 Å². The van der Waals surface area contributed by atoms with E-state index in [9.17, 15) is 13.6 Å². The maximum absolute atomic E-state index is 13.6. The molecule has 3 heterocycles. The van der Waals surface area contributed by atoms with E-state index in [1.54, 1.807) is 10.9 Å². The minimum Gasteiger partial charge on any atom is -0.494 e. The highest BCUT2D eigenvalue weighted by atomic mass is 19.3. The van der Waals surface area contributed by atoms with Crippen LogP contribution in [0, 0.1) is 11.8 Å². The third-order valence-corrected chi connectivity index (χ3v) is 6.09. The van der Waals surface area contributed by atoms with Gasteiger partial charge in [-0.3, -0.25) is 9.48 Å². The van der Waals surface area contributed by atoms with Crippen LogP contribution in [0.5, 0.6) is 5.75 Å². The molecule has 0 aliphatic heterocycles. The number of nitrogens with zero attached hydrogens (tertiary/aromatic N) is 5. The second kappa shape index (κ2) is 8.60. The van der Waals surface area contributed by atoms with Gasteiger partial charge < -0.3 is 10.1 Å². The summed E-state index contributed by atoms with van der Waals surface area (Å²) in [6.07, 6.45) is 6.98. The predicted octanol–water partition coefficient (Wildman–Crippen LogP) is 4.51. The Balaban J connectivity index is 1.55. The largest absolute Gasteiger partial charge is 0.494 e. The average Bonchev–Trinajstić information content (AvgIpc) is 3.37. The van der Waals surface area contributed by atoms with E-state index in [1.807, 2.05) is 0 Å². The molecule has 1 saturated carbocycles. The van der Waals surface area contributed by atoms with Gasteiger partial charge in [0.1, 0.15) is 5.56 Å². The highest BCUT2D eigenvalue weighted by molar-refractivity contribution is 6.08. The third kappa shape index (κ3) is 4.24. The van der Waals surface area contributed by atoms with Gasteiger partial charge >= 0.3 is 0 Å². The van der Waals surface area contributed by atoms with Crippen LogP contribution in [0.15, 0.2) is 24.8 Å². The molecular formula is C21H26F2N6O2. The Bertz CT molecular complexity index is 1070. The zero-order valence-corrected chi connectivity index (χ0v) is 17.8. The van der Waals surface area contributed by atoms with E-state index in [2.05, 4.69) is 34.3 Å². The molecule has 0 aromatic carbocycles. The summed E-state index contributed by atoms with van der Waals surface area (Å²) in [6, 6.07) is 0.0595. The summed E-state index contributed by atoms with van der Waals surface area (Å²) in [4.78, 5) is 17.0. The minimum absolute atomic E-state index is 0.0128. The van der Waals surface area contributed by atoms with E-state index in [1.165, 1.54) is 30.2 Å². The van der Waals surface area contributed by atoms with Crippen LogP contribution < -0.4 is 10.1 Å². The average molecular weight is 432 g/mol. The molecule has 10 heteroatoms. The van der Waals surface area contributed by atoms with Crippen LogP contribution >= 0.6 is 0 Å². The first-order valence-electron chi connectivity index (χ1n) is 10.4. The number of anilines is 1. The van der Waals surface area contributed by atoms with E-state index < -0.39 is 18.0 Å². The maximum atomic E-state index is 13.6. The molecule has 3 aromatic heterocycles. The summed E-state index contributed by atoms with van der Waals surface area (Å²) < 4.78 is 35.4. The number of halogens is 2. The fraction of sp³-hybridized carbons (Fsp3) is 0.524. The topological polar surface area (TPSA) is 86.3 Å². The molecule has 1 fully saturated rings. The van der Waals surface area contributed by atoms with E-state index >= 15 is 0 Å². The number of methoxy groups -OCH3 is 1. The molecule has 8 nitrogen and oxygen atoms in total. The number of rotatable bonds is 6. The fourth-order valence-corrected chi connectivity index (χ4v) is 4.20. The first-order valence-corrected chi connectivity index (χ1v) is 10.4. The summed E-state index contributed by atoms with van der Waals surface area (Å²) >= 11 is 0. The lowest BCUT2D eigenvalue weighted by atomic mass is 9.80. The van der Waals surface area contributed by atoms with Gasteiger partial charge in [0.2, 0.25) is 0 Å². The number of carbonyl (C=O) groups excluding carboxylic acids is 1. The first-order chi connectivity index (χ1) is 14.9. The molecule has 0 spiro atoms. The van der Waals surface area contributed by atoms with E-state index in [4.69, 9.17) is 4.74 Å². The lowest BCUT2D eigenvalue weighted by Crippen LogP contribution is -2.21. The van der Waals surface area contributed by atoms with Crippen molar-refractivity contribution >= 4 is 17.2 Å². The van der Waals surface area contributed by atoms with Gasteiger partial charge in [-0.1, -0.05) is 13.8 Å². The maximum Gasteiger partial charge on any atom is 0.284 e. The number of ether oxygens (including phenoxy) is 1. The highest BCUT2D eigenvalue weighted by Gasteiger charge is 2.28. The molecule has 1 aliphatic rings. The van der Waals surface area contributed by atoms with Gasteiger partial charge in [-0.15, -0.1) is 0 Å². The number of carbonyl (C=O) groups is 1. The molecule has 0 bridgehead atoms. The van der Waals surface area contributed by atoms with Crippen LogP contribution in [0.2, 0.25) is 0 Å². The molecule has 166 valence electrons. The lowest BCUT2D eigenvalue weighted by molar-refractivity contribution is 0.102. The van der Waals surface area contributed by atoms with Gasteiger partial charge in [-0.2, -0.15) is 10.2 Å². The van der Waals surface area contributed by atoms with Crippen molar-refractivity contribution in [2.45, 2.75) is 52.0 Å². The number of nitrogens with one attached hydrogen (secondary N) is 1. The van der Waals surface area contributed by atoms with Crippen molar-refractivity contribution in [3.8, 4) is 5.75 Å². The molecule has 0 saturated heterocycles. The second-order valence-corrected chi connectivity index (χ2v) is 8.30.